The number of methoxy groups -OCH3 is 2. The SMILES string of the molecule is COc1cc(N=Nc2cccc3c2CN(C2CCC(=O)NC2=O)C3=O)cc(OC)c1OCC(=O)N1CCN(c2ccc(Cc3ncc4cc5n(c4n3)C3(CCCCC3)CCC5=O)nc2)CC1. The van der Waals surface area contributed by atoms with Crippen molar-refractivity contribution in [2.24, 2.45) is 10.2 Å². The van der Waals surface area contributed by atoms with Crippen LogP contribution in [0.15, 0.2) is 71.2 Å². The minimum atomic E-state index is -0.747. The molecule has 66 heavy (non-hydrogen) atoms. The number of ketones is 1. The zero-order valence-corrected chi connectivity index (χ0v) is 37.0. The van der Waals surface area contributed by atoms with Crippen molar-refractivity contribution in [3.63, 3.8) is 0 Å². The molecule has 4 amide bonds. The average molecular weight is 895 g/mol. The quantitative estimate of drug-likeness (QED) is 0.120. The number of hydrogen-bond donors (Lipinski definition) is 1. The first-order chi connectivity index (χ1) is 32.1. The maximum absolute atomic E-state index is 13.4. The maximum Gasteiger partial charge on any atom is 0.260 e. The van der Waals surface area contributed by atoms with Crippen LogP contribution in [0.3, 0.4) is 0 Å². The molecule has 1 aliphatic carbocycles. The highest BCUT2D eigenvalue weighted by Crippen LogP contribution is 2.46. The molecular weight excluding hydrogens is 845 g/mol. The molecule has 1 saturated carbocycles. The fraction of sp³-hybridized carbons (Fsp3) is 0.417. The van der Waals surface area contributed by atoms with E-state index in [1.54, 1.807) is 35.2 Å². The monoisotopic (exact) mass is 894 g/mol. The van der Waals surface area contributed by atoms with Crippen molar-refractivity contribution < 1.29 is 38.2 Å². The van der Waals surface area contributed by atoms with Crippen LogP contribution in [0.1, 0.15) is 95.7 Å². The van der Waals surface area contributed by atoms with Gasteiger partial charge in [0.1, 0.15) is 17.5 Å². The number of piperazine rings is 1. The predicted molar refractivity (Wildman–Crippen MR) is 240 cm³/mol. The first-order valence-electron chi connectivity index (χ1n) is 22.6. The first-order valence-corrected chi connectivity index (χ1v) is 22.6. The molecule has 5 aromatic rings. The summed E-state index contributed by atoms with van der Waals surface area (Å²) in [7, 11) is 2.95. The third-order valence-electron chi connectivity index (χ3n) is 13.7. The van der Waals surface area contributed by atoms with Gasteiger partial charge in [0.25, 0.3) is 11.8 Å². The largest absolute Gasteiger partial charge is 0.493 e. The lowest BCUT2D eigenvalue weighted by molar-refractivity contribution is -0.137. The predicted octanol–water partition coefficient (Wildman–Crippen LogP) is 5.97. The van der Waals surface area contributed by atoms with Crippen LogP contribution < -0.4 is 24.4 Å². The standard InChI is InChI=1S/C48H50N10O8/c1-64-39-22-31(53-54-35-8-6-7-33-34(35)27-57(47(33)63)36-11-12-42(60)52-46(36)62)23-40(65-2)44(39)66-28-43(61)56-19-17-55(18-20-56)32-10-9-30(49-26-32)24-41-50-25-29-21-37-38(59)13-16-48(14-4-3-5-15-48)58(37)45(29)51-41/h6-10,21-23,25-26,36H,3-5,11-20,24,27-28H2,1-2H3,(H,52,60,62). The second-order valence-corrected chi connectivity index (χ2v) is 17.6. The Labute approximate surface area is 380 Å². The van der Waals surface area contributed by atoms with E-state index < -0.39 is 11.9 Å². The van der Waals surface area contributed by atoms with E-state index in [-0.39, 0.29) is 72.3 Å². The highest BCUT2D eigenvalue weighted by atomic mass is 16.5. The minimum Gasteiger partial charge on any atom is -0.493 e. The number of piperidine rings is 1. The second-order valence-electron chi connectivity index (χ2n) is 17.6. The summed E-state index contributed by atoms with van der Waals surface area (Å²) >= 11 is 0. The molecule has 2 saturated heterocycles. The summed E-state index contributed by atoms with van der Waals surface area (Å²) in [6, 6.07) is 13.6. The number of nitrogens with one attached hydrogen (secondary N) is 1. The Kier molecular flexibility index (Phi) is 11.4. The molecule has 1 unspecified atom stereocenters. The van der Waals surface area contributed by atoms with Crippen LogP contribution >= 0.6 is 0 Å². The molecule has 340 valence electrons. The van der Waals surface area contributed by atoms with E-state index in [4.69, 9.17) is 24.2 Å². The smallest absolute Gasteiger partial charge is 0.260 e. The number of hydrogen-bond acceptors (Lipinski definition) is 14. The van der Waals surface area contributed by atoms with Crippen LogP contribution in [0.25, 0.3) is 11.0 Å². The molecule has 5 aliphatic rings. The number of benzene rings is 2. The van der Waals surface area contributed by atoms with Crippen molar-refractivity contribution in [3.8, 4) is 17.2 Å². The Hall–Kier alpha value is -7.24. The lowest BCUT2D eigenvalue weighted by Crippen LogP contribution is -2.52. The molecule has 4 aliphatic heterocycles. The van der Waals surface area contributed by atoms with Crippen molar-refractivity contribution in [1.29, 1.82) is 0 Å². The fourth-order valence-corrected chi connectivity index (χ4v) is 10.2. The number of Topliss-reactive ketones (excluding diaryl/α,β-unsaturated/α-hetero) is 1. The van der Waals surface area contributed by atoms with E-state index in [9.17, 15) is 24.0 Å². The number of rotatable bonds is 11. The average Bonchev–Trinajstić information content (AvgIpc) is 3.90. The molecule has 2 aromatic carbocycles. The lowest BCUT2D eigenvalue weighted by Gasteiger charge is -2.42. The molecule has 0 radical (unpaired) electrons. The molecular formula is C48H50N10O8. The number of ether oxygens (including phenoxy) is 3. The lowest BCUT2D eigenvalue weighted by atomic mass is 9.75. The van der Waals surface area contributed by atoms with Gasteiger partial charge < -0.3 is 33.5 Å². The van der Waals surface area contributed by atoms with Crippen LogP contribution in [0.2, 0.25) is 0 Å². The van der Waals surface area contributed by atoms with Crippen molar-refractivity contribution in [2.45, 2.75) is 82.3 Å². The summed E-state index contributed by atoms with van der Waals surface area (Å²) in [5.41, 5.74) is 5.27. The number of fused-ring (bicyclic) bond motifs is 5. The number of amides is 4. The summed E-state index contributed by atoms with van der Waals surface area (Å²) in [6.07, 6.45) is 11.8. The van der Waals surface area contributed by atoms with Gasteiger partial charge in [-0.15, -0.1) is 0 Å². The number of nitrogens with zero attached hydrogens (tertiary/aromatic N) is 9. The van der Waals surface area contributed by atoms with Gasteiger partial charge in [-0.1, -0.05) is 25.3 Å². The Bertz CT molecular complexity index is 2770. The zero-order valence-electron chi connectivity index (χ0n) is 37.0. The van der Waals surface area contributed by atoms with Gasteiger partial charge in [0, 0.05) is 91.6 Å². The number of anilines is 1. The maximum atomic E-state index is 13.4. The molecule has 1 N–H and O–H groups in total. The molecule has 3 fully saturated rings. The number of pyridine rings is 1. The van der Waals surface area contributed by atoms with Gasteiger partial charge in [-0.05, 0) is 56.0 Å². The summed E-state index contributed by atoms with van der Waals surface area (Å²) in [6.45, 7) is 2.14. The van der Waals surface area contributed by atoms with Crippen molar-refractivity contribution >= 4 is 57.5 Å². The normalized spacial score (nSPS) is 19.4. The number of azo groups is 1. The van der Waals surface area contributed by atoms with Crippen molar-refractivity contribution in [1.82, 2.24) is 34.6 Å². The van der Waals surface area contributed by atoms with E-state index in [2.05, 4.69) is 30.0 Å². The van der Waals surface area contributed by atoms with Crippen LogP contribution in [0.5, 0.6) is 17.2 Å². The van der Waals surface area contributed by atoms with Gasteiger partial charge in [0.15, 0.2) is 23.9 Å². The topological polar surface area (TPSA) is 203 Å². The van der Waals surface area contributed by atoms with Crippen molar-refractivity contribution in [3.05, 3.63) is 89.3 Å². The zero-order chi connectivity index (χ0) is 45.5. The van der Waals surface area contributed by atoms with Gasteiger partial charge >= 0.3 is 0 Å². The summed E-state index contributed by atoms with van der Waals surface area (Å²) in [5.74, 6) is 0.345. The Morgan fingerprint density at radius 3 is 2.39 bits per heavy atom. The highest BCUT2D eigenvalue weighted by Gasteiger charge is 2.42. The molecule has 18 nitrogen and oxygen atoms in total. The Morgan fingerprint density at radius 1 is 0.879 bits per heavy atom. The highest BCUT2D eigenvalue weighted by molar-refractivity contribution is 6.06. The van der Waals surface area contributed by atoms with Crippen LogP contribution in [0, 0.1) is 0 Å². The van der Waals surface area contributed by atoms with E-state index in [0.717, 1.165) is 47.4 Å². The third-order valence-corrected chi connectivity index (χ3v) is 13.7. The molecule has 1 atom stereocenters. The summed E-state index contributed by atoms with van der Waals surface area (Å²) in [4.78, 5) is 83.8. The molecule has 18 heteroatoms. The number of carbonyl (C=O) groups excluding carboxylic acids is 5. The number of imide groups is 1. The Morgan fingerprint density at radius 2 is 1.67 bits per heavy atom. The number of carbonyl (C=O) groups is 5. The molecule has 7 heterocycles. The molecule has 3 aromatic heterocycles. The van der Waals surface area contributed by atoms with Gasteiger partial charge in [-0.25, -0.2) is 9.97 Å². The second kappa shape index (κ2) is 17.6. The van der Waals surface area contributed by atoms with Crippen LogP contribution in [-0.4, -0.2) is 112 Å². The molecule has 10 rings (SSSR count). The van der Waals surface area contributed by atoms with Crippen LogP contribution in [0.4, 0.5) is 17.1 Å². The summed E-state index contributed by atoms with van der Waals surface area (Å²) in [5, 5.41) is 12.1. The minimum absolute atomic E-state index is 0.0364. The van der Waals surface area contributed by atoms with Crippen LogP contribution in [-0.2, 0) is 32.9 Å². The van der Waals surface area contributed by atoms with Gasteiger partial charge in [0.05, 0.1) is 49.6 Å². The van der Waals surface area contributed by atoms with E-state index in [1.807, 2.05) is 30.6 Å². The van der Waals surface area contributed by atoms with Gasteiger partial charge in [-0.2, -0.15) is 10.2 Å². The van der Waals surface area contributed by atoms with E-state index in [0.29, 0.717) is 67.3 Å². The van der Waals surface area contributed by atoms with Gasteiger partial charge in [0.2, 0.25) is 17.6 Å². The van der Waals surface area contributed by atoms with E-state index in [1.165, 1.54) is 38.4 Å². The van der Waals surface area contributed by atoms with E-state index >= 15 is 0 Å². The van der Waals surface area contributed by atoms with Gasteiger partial charge in [-0.3, -0.25) is 34.3 Å². The van der Waals surface area contributed by atoms with Crippen molar-refractivity contribution in [2.75, 3.05) is 51.9 Å². The third kappa shape index (κ3) is 7.97. The molecule has 0 bridgehead atoms. The Balaban J connectivity index is 0.746. The first kappa shape index (κ1) is 42.7. The molecule has 1 spiro atoms. The summed E-state index contributed by atoms with van der Waals surface area (Å²) < 4.78 is 19.5. The number of aromatic nitrogens is 4. The fourth-order valence-electron chi connectivity index (χ4n) is 10.2.